The fraction of sp³-hybridized carbons (Fsp3) is 0.381. The van der Waals surface area contributed by atoms with Crippen LogP contribution in [0.1, 0.15) is 56.1 Å². The fourth-order valence-electron chi connectivity index (χ4n) is 4.41. The quantitative estimate of drug-likeness (QED) is 0.720. The molecule has 2 aromatic rings. The number of aryl methyl sites for hydroxylation is 1. The Morgan fingerprint density at radius 1 is 1.20 bits per heavy atom. The van der Waals surface area contributed by atoms with Gasteiger partial charge in [0.15, 0.2) is 0 Å². The third-order valence-corrected chi connectivity index (χ3v) is 6.91. The Balaban J connectivity index is 1.29. The number of fused-ring (bicyclic) bond motifs is 2. The number of thiazole rings is 1. The maximum Gasteiger partial charge on any atom is 0.255 e. The number of carbonyl (C=O) groups excluding carboxylic acids is 4. The zero-order valence-electron chi connectivity index (χ0n) is 16.1. The van der Waals surface area contributed by atoms with E-state index in [4.69, 9.17) is 0 Å². The first kappa shape index (κ1) is 18.9. The number of aromatic nitrogens is 1. The highest BCUT2D eigenvalue weighted by atomic mass is 32.1. The molecule has 1 fully saturated rings. The Morgan fingerprint density at radius 3 is 2.90 bits per heavy atom. The van der Waals surface area contributed by atoms with E-state index >= 15 is 0 Å². The SMILES string of the molecule is O=C1CCC(N2Cc3cc(C(=O)NC4CCc5ncsc5C4)ccc3C2=O)C(=O)N1. The maximum absolute atomic E-state index is 12.8. The van der Waals surface area contributed by atoms with Crippen LogP contribution in [-0.4, -0.2) is 45.6 Å². The second kappa shape index (κ2) is 7.32. The van der Waals surface area contributed by atoms with Crippen LogP contribution in [0.25, 0.3) is 0 Å². The van der Waals surface area contributed by atoms with Crippen LogP contribution in [0.5, 0.6) is 0 Å². The highest BCUT2D eigenvalue weighted by Gasteiger charge is 2.39. The van der Waals surface area contributed by atoms with Crippen molar-refractivity contribution in [3.63, 3.8) is 0 Å². The van der Waals surface area contributed by atoms with Gasteiger partial charge in [0.2, 0.25) is 11.8 Å². The largest absolute Gasteiger partial charge is 0.349 e. The van der Waals surface area contributed by atoms with Crippen molar-refractivity contribution in [1.29, 1.82) is 0 Å². The molecule has 3 heterocycles. The summed E-state index contributed by atoms with van der Waals surface area (Å²) in [7, 11) is 0. The molecule has 30 heavy (non-hydrogen) atoms. The molecule has 0 bridgehead atoms. The number of amides is 4. The van der Waals surface area contributed by atoms with E-state index in [9.17, 15) is 19.2 Å². The number of benzene rings is 1. The molecule has 1 aromatic heterocycles. The third kappa shape index (κ3) is 3.28. The van der Waals surface area contributed by atoms with Crippen LogP contribution in [0, 0.1) is 0 Å². The standard InChI is InChI=1S/C21H20N4O4S/c26-18-6-5-16(20(28)24-18)25-9-12-7-11(1-3-14(12)21(25)29)19(27)23-13-2-4-15-17(8-13)30-10-22-15/h1,3,7,10,13,16H,2,4-6,8-9H2,(H,23,27)(H,24,26,28). The minimum atomic E-state index is -0.657. The number of nitrogens with zero attached hydrogens (tertiary/aromatic N) is 2. The van der Waals surface area contributed by atoms with Gasteiger partial charge in [0.25, 0.3) is 11.8 Å². The molecule has 2 unspecified atom stereocenters. The van der Waals surface area contributed by atoms with E-state index in [1.807, 2.05) is 5.51 Å². The summed E-state index contributed by atoms with van der Waals surface area (Å²) in [6, 6.07) is 4.45. The molecule has 2 aliphatic heterocycles. The van der Waals surface area contributed by atoms with Crippen molar-refractivity contribution in [3.8, 4) is 0 Å². The van der Waals surface area contributed by atoms with E-state index in [0.717, 1.165) is 30.5 Å². The van der Waals surface area contributed by atoms with Crippen molar-refractivity contribution < 1.29 is 19.2 Å². The average molecular weight is 424 g/mol. The molecule has 154 valence electrons. The Hall–Kier alpha value is -3.07. The topological polar surface area (TPSA) is 108 Å². The monoisotopic (exact) mass is 424 g/mol. The van der Waals surface area contributed by atoms with Gasteiger partial charge < -0.3 is 10.2 Å². The molecule has 2 atom stereocenters. The maximum atomic E-state index is 12.8. The van der Waals surface area contributed by atoms with Gasteiger partial charge in [0, 0.05) is 41.4 Å². The van der Waals surface area contributed by atoms with Gasteiger partial charge >= 0.3 is 0 Å². The number of hydrogen-bond donors (Lipinski definition) is 2. The van der Waals surface area contributed by atoms with E-state index < -0.39 is 11.9 Å². The van der Waals surface area contributed by atoms with E-state index in [0.29, 0.717) is 17.5 Å². The van der Waals surface area contributed by atoms with Gasteiger partial charge in [-0.25, -0.2) is 4.98 Å². The summed E-state index contributed by atoms with van der Waals surface area (Å²) in [5.74, 6) is -1.16. The van der Waals surface area contributed by atoms with Crippen LogP contribution in [0.2, 0.25) is 0 Å². The lowest BCUT2D eigenvalue weighted by atomic mass is 9.97. The Morgan fingerprint density at radius 2 is 2.07 bits per heavy atom. The van der Waals surface area contributed by atoms with Crippen LogP contribution in [0.4, 0.5) is 0 Å². The van der Waals surface area contributed by atoms with Crippen LogP contribution < -0.4 is 10.6 Å². The number of carbonyl (C=O) groups is 4. The summed E-state index contributed by atoms with van der Waals surface area (Å²) in [5.41, 5.74) is 4.71. The van der Waals surface area contributed by atoms with Crippen LogP contribution in [-0.2, 0) is 29.0 Å². The normalized spacial score (nSPS) is 23.1. The first-order chi connectivity index (χ1) is 14.5. The van der Waals surface area contributed by atoms with Gasteiger partial charge in [0.05, 0.1) is 11.2 Å². The van der Waals surface area contributed by atoms with Crippen molar-refractivity contribution in [2.45, 2.75) is 50.7 Å². The predicted molar refractivity (Wildman–Crippen MR) is 108 cm³/mol. The van der Waals surface area contributed by atoms with Gasteiger partial charge in [-0.2, -0.15) is 0 Å². The molecule has 3 aliphatic rings. The highest BCUT2D eigenvalue weighted by Crippen LogP contribution is 2.29. The van der Waals surface area contributed by atoms with E-state index in [1.54, 1.807) is 29.5 Å². The molecular formula is C21H20N4O4S. The number of piperidine rings is 1. The van der Waals surface area contributed by atoms with Crippen LogP contribution in [0.3, 0.4) is 0 Å². The number of nitrogens with one attached hydrogen (secondary N) is 2. The zero-order chi connectivity index (χ0) is 20.8. The number of imide groups is 1. The van der Waals surface area contributed by atoms with E-state index in [-0.39, 0.29) is 36.7 Å². The van der Waals surface area contributed by atoms with Gasteiger partial charge in [-0.05, 0) is 43.0 Å². The Bertz CT molecular complexity index is 1080. The fourth-order valence-corrected chi connectivity index (χ4v) is 5.30. The predicted octanol–water partition coefficient (Wildman–Crippen LogP) is 1.19. The molecule has 1 aliphatic carbocycles. The lowest BCUT2D eigenvalue weighted by molar-refractivity contribution is -0.136. The van der Waals surface area contributed by atoms with Crippen molar-refractivity contribution in [3.05, 3.63) is 51.0 Å². The van der Waals surface area contributed by atoms with Gasteiger partial charge in [-0.3, -0.25) is 24.5 Å². The van der Waals surface area contributed by atoms with Crippen LogP contribution in [0.15, 0.2) is 23.7 Å². The molecule has 1 aromatic carbocycles. The molecule has 8 nitrogen and oxygen atoms in total. The summed E-state index contributed by atoms with van der Waals surface area (Å²) in [5, 5.41) is 5.39. The number of hydrogen-bond acceptors (Lipinski definition) is 6. The second-order valence-corrected chi connectivity index (χ2v) is 8.85. The molecule has 0 saturated carbocycles. The first-order valence-corrected chi connectivity index (χ1v) is 10.9. The zero-order valence-corrected chi connectivity index (χ0v) is 17.0. The summed E-state index contributed by atoms with van der Waals surface area (Å²) in [6.07, 6.45) is 3.04. The molecule has 2 N–H and O–H groups in total. The summed E-state index contributed by atoms with van der Waals surface area (Å²) in [4.78, 5) is 56.2. The minimum absolute atomic E-state index is 0.0697. The summed E-state index contributed by atoms with van der Waals surface area (Å²) in [6.45, 7) is 0.259. The molecular weight excluding hydrogens is 404 g/mol. The Labute approximate surface area is 176 Å². The van der Waals surface area contributed by atoms with Crippen molar-refractivity contribution in [1.82, 2.24) is 20.5 Å². The second-order valence-electron chi connectivity index (χ2n) is 7.91. The van der Waals surface area contributed by atoms with Gasteiger partial charge in [-0.15, -0.1) is 11.3 Å². The molecule has 0 spiro atoms. The first-order valence-electron chi connectivity index (χ1n) is 9.99. The van der Waals surface area contributed by atoms with Gasteiger partial charge in [-0.1, -0.05) is 0 Å². The molecule has 1 saturated heterocycles. The molecule has 4 amide bonds. The number of rotatable bonds is 3. The molecule has 5 rings (SSSR count). The van der Waals surface area contributed by atoms with Crippen molar-refractivity contribution in [2.24, 2.45) is 0 Å². The lowest BCUT2D eigenvalue weighted by Crippen LogP contribution is -2.52. The summed E-state index contributed by atoms with van der Waals surface area (Å²) >= 11 is 1.62. The van der Waals surface area contributed by atoms with E-state index in [1.165, 1.54) is 9.78 Å². The minimum Gasteiger partial charge on any atom is -0.349 e. The van der Waals surface area contributed by atoms with Crippen molar-refractivity contribution in [2.75, 3.05) is 0 Å². The molecule has 9 heteroatoms. The van der Waals surface area contributed by atoms with E-state index in [2.05, 4.69) is 15.6 Å². The summed E-state index contributed by atoms with van der Waals surface area (Å²) < 4.78 is 0. The van der Waals surface area contributed by atoms with Gasteiger partial charge in [0.1, 0.15) is 6.04 Å². The Kier molecular flexibility index (Phi) is 4.62. The smallest absolute Gasteiger partial charge is 0.255 e. The molecule has 0 radical (unpaired) electrons. The third-order valence-electron chi connectivity index (χ3n) is 6.01. The van der Waals surface area contributed by atoms with Crippen molar-refractivity contribution >= 4 is 35.0 Å². The lowest BCUT2D eigenvalue weighted by Gasteiger charge is -2.29. The van der Waals surface area contributed by atoms with Crippen LogP contribution >= 0.6 is 11.3 Å². The average Bonchev–Trinajstić information content (AvgIpc) is 3.32. The highest BCUT2D eigenvalue weighted by molar-refractivity contribution is 7.09.